The molecule has 4 aromatic carbocycles. The number of carbonyl (C=O) groups excluding carboxylic acids is 10. The number of likely N-dealkylation sites (N-methyl/N-ethyl adjacent to an activating group) is 2. The first-order valence-electron chi connectivity index (χ1n) is 36.2. The van der Waals surface area contributed by atoms with Crippen LogP contribution in [0.4, 0.5) is 19.2 Å². The second kappa shape index (κ2) is 44.3. The van der Waals surface area contributed by atoms with E-state index >= 15 is 0 Å². The number of ether oxygens (including phenoxy) is 4. The van der Waals surface area contributed by atoms with Gasteiger partial charge in [-0.05, 0) is 127 Å². The van der Waals surface area contributed by atoms with E-state index in [4.69, 9.17) is 34.9 Å². The van der Waals surface area contributed by atoms with Crippen LogP contribution in [0.3, 0.4) is 0 Å². The highest BCUT2D eigenvalue weighted by Crippen LogP contribution is 2.29. The van der Waals surface area contributed by atoms with Crippen LogP contribution in [-0.2, 0) is 78.6 Å². The van der Waals surface area contributed by atoms with Crippen LogP contribution < -0.4 is 27.0 Å². The number of aliphatic hydroxyl groups excluding tert-OH is 1. The highest BCUT2D eigenvalue weighted by Gasteiger charge is 2.44. The van der Waals surface area contributed by atoms with Crippen LogP contribution in [0, 0.1) is 10.8 Å². The molecule has 28 heteroatoms. The minimum atomic E-state index is -1.10. The Kier molecular flexibility index (Phi) is 37.9. The van der Waals surface area contributed by atoms with Crippen LogP contribution in [0.1, 0.15) is 145 Å². The molecular formula is C79H119N11O17. The molecule has 2 aliphatic rings. The topological polar surface area (TPSA) is 359 Å². The Morgan fingerprint density at radius 2 is 0.813 bits per heavy atom. The second-order valence-corrected chi connectivity index (χ2v) is 30.4. The van der Waals surface area contributed by atoms with Crippen LogP contribution in [0.25, 0.3) is 0 Å². The normalized spacial score (nSPS) is 15.1. The highest BCUT2D eigenvalue weighted by atomic mass is 16.6. The van der Waals surface area contributed by atoms with Crippen LogP contribution in [-0.4, -0.2) is 233 Å². The lowest BCUT2D eigenvalue weighted by atomic mass is 9.85. The van der Waals surface area contributed by atoms with E-state index in [2.05, 4.69) is 21.3 Å². The number of aliphatic hydroxyl groups is 1. The van der Waals surface area contributed by atoms with E-state index < -0.39 is 94.9 Å². The largest absolute Gasteiger partial charge is 0.480 e. The zero-order chi connectivity index (χ0) is 80.4. The summed E-state index contributed by atoms with van der Waals surface area (Å²) >= 11 is 0. The van der Waals surface area contributed by atoms with Crippen molar-refractivity contribution in [1.29, 1.82) is 0 Å². The first kappa shape index (κ1) is 91.4. The van der Waals surface area contributed by atoms with Gasteiger partial charge in [0.15, 0.2) is 0 Å². The fourth-order valence-electron chi connectivity index (χ4n) is 11.2. The number of amides is 10. The molecule has 0 bridgehead atoms. The van der Waals surface area contributed by atoms with E-state index in [-0.39, 0.29) is 68.6 Å². The molecule has 107 heavy (non-hydrogen) atoms. The predicted octanol–water partition coefficient (Wildman–Crippen LogP) is 8.16. The van der Waals surface area contributed by atoms with Gasteiger partial charge in [-0.25, -0.2) is 19.2 Å². The SMILES string of the molecule is CO.C[C@@H](C(=O)N[C@H](C(=O)N1CCC[C@H]1CN(CCc1ccccc1)C(=O)CN)C(C)(C)C)N(C)C(=O)OC(C)(C)C.C[C@@H](C(=O)N[C@H](C(=O)N1CCC[C@H]1CN(CCc1ccccc1)C(=O)CNC(=O)OCc1ccccc1)C(C)(C)C)N(C)C(=O)OC(C)(C)C.O=C(O)CNC(=O)OCc1ccccc1. The van der Waals surface area contributed by atoms with Crippen molar-refractivity contribution >= 4 is 65.8 Å². The van der Waals surface area contributed by atoms with Gasteiger partial charge in [-0.15, -0.1) is 0 Å². The van der Waals surface area contributed by atoms with E-state index in [1.807, 2.05) is 163 Å². The summed E-state index contributed by atoms with van der Waals surface area (Å²) in [5, 5.41) is 25.8. The maximum absolute atomic E-state index is 14.2. The van der Waals surface area contributed by atoms with Gasteiger partial charge >= 0.3 is 30.3 Å². The van der Waals surface area contributed by atoms with Crippen molar-refractivity contribution in [2.45, 2.75) is 196 Å². The third kappa shape index (κ3) is 33.2. The second-order valence-electron chi connectivity index (χ2n) is 30.4. The lowest BCUT2D eigenvalue weighted by Gasteiger charge is -2.38. The Hall–Kier alpha value is -9.83. The Balaban J connectivity index is 0.000000462. The van der Waals surface area contributed by atoms with Crippen LogP contribution >= 0.6 is 0 Å². The first-order chi connectivity index (χ1) is 50.2. The fourth-order valence-corrected chi connectivity index (χ4v) is 11.2. The lowest BCUT2D eigenvalue weighted by molar-refractivity contribution is -0.142. The number of nitrogens with two attached hydrogens (primary N) is 1. The van der Waals surface area contributed by atoms with Crippen molar-refractivity contribution in [3.05, 3.63) is 144 Å². The number of carboxylic acids is 1. The Bertz CT molecular complexity index is 3450. The van der Waals surface area contributed by atoms with Crippen molar-refractivity contribution in [3.63, 3.8) is 0 Å². The molecule has 0 radical (unpaired) electrons. The van der Waals surface area contributed by atoms with Crippen molar-refractivity contribution < 1.29 is 81.9 Å². The molecule has 0 saturated carbocycles. The van der Waals surface area contributed by atoms with Crippen LogP contribution in [0.5, 0.6) is 0 Å². The van der Waals surface area contributed by atoms with Gasteiger partial charge in [0.25, 0.3) is 0 Å². The third-order valence-electron chi connectivity index (χ3n) is 17.4. The van der Waals surface area contributed by atoms with E-state index in [9.17, 15) is 52.7 Å². The van der Waals surface area contributed by atoms with E-state index in [1.54, 1.807) is 75.0 Å². The lowest BCUT2D eigenvalue weighted by Crippen LogP contribution is -2.60. The summed E-state index contributed by atoms with van der Waals surface area (Å²) in [6, 6.07) is 34.2. The molecule has 0 unspecified atom stereocenters. The molecule has 2 fully saturated rings. The zero-order valence-electron chi connectivity index (χ0n) is 65.8. The Labute approximate surface area is 632 Å². The molecule has 2 heterocycles. The number of likely N-dealkylation sites (tertiary alicyclic amines) is 2. The van der Waals surface area contributed by atoms with Crippen molar-refractivity contribution in [1.82, 2.24) is 50.7 Å². The summed E-state index contributed by atoms with van der Waals surface area (Å²) in [5.41, 5.74) is 6.91. The molecule has 10 amide bonds. The number of carbonyl (C=O) groups is 11. The number of carboxylic acid groups (broad SMARTS) is 1. The average molecular weight is 1490 g/mol. The van der Waals surface area contributed by atoms with Crippen molar-refractivity contribution in [2.75, 3.05) is 80.1 Å². The molecule has 0 spiro atoms. The fraction of sp³-hybridized carbons (Fsp3) is 0.557. The smallest absolute Gasteiger partial charge is 0.410 e. The van der Waals surface area contributed by atoms with E-state index in [0.717, 1.165) is 48.6 Å². The van der Waals surface area contributed by atoms with Crippen molar-refractivity contribution in [3.8, 4) is 0 Å². The molecule has 0 aromatic heterocycles. The molecule has 2 aliphatic heterocycles. The van der Waals surface area contributed by atoms with Gasteiger partial charge in [-0.2, -0.15) is 0 Å². The quantitative estimate of drug-likeness (QED) is 0.0277. The summed E-state index contributed by atoms with van der Waals surface area (Å²) in [7, 11) is 3.99. The number of benzene rings is 4. The Morgan fingerprint density at radius 3 is 1.12 bits per heavy atom. The molecule has 2 saturated heterocycles. The number of alkyl carbamates (subject to hydrolysis) is 2. The van der Waals surface area contributed by atoms with Gasteiger partial charge in [0.2, 0.25) is 35.4 Å². The van der Waals surface area contributed by atoms with Crippen LogP contribution in [0.15, 0.2) is 121 Å². The van der Waals surface area contributed by atoms with E-state index in [0.29, 0.717) is 52.0 Å². The number of hydrogen-bond acceptors (Lipinski definition) is 17. The highest BCUT2D eigenvalue weighted by molar-refractivity contribution is 5.93. The average Bonchev–Trinajstić information content (AvgIpc) is 1.77. The minimum absolute atomic E-state index is 0.0826. The van der Waals surface area contributed by atoms with Gasteiger partial charge in [-0.3, -0.25) is 43.4 Å². The Morgan fingerprint density at radius 1 is 0.495 bits per heavy atom. The van der Waals surface area contributed by atoms with Gasteiger partial charge in [-0.1, -0.05) is 163 Å². The summed E-state index contributed by atoms with van der Waals surface area (Å²) in [5.74, 6) is -2.93. The first-order valence-corrected chi connectivity index (χ1v) is 36.2. The molecule has 592 valence electrons. The van der Waals surface area contributed by atoms with Gasteiger partial charge in [0.05, 0.1) is 6.54 Å². The molecule has 0 aliphatic carbocycles. The minimum Gasteiger partial charge on any atom is -0.480 e. The van der Waals surface area contributed by atoms with Gasteiger partial charge < -0.3 is 75.8 Å². The standard InChI is InChI=1S/C38H55N5O7.C30H49N5O5.C10H11NO4.CH4O/c1-27(41(8)36(48)50-38(5,6)7)33(45)40-32(37(2,3)4)34(46)43-22-15-20-30(43)25-42(23-21-28-16-11-9-12-17-28)31(44)24-39-35(47)49-26-29-18-13-10-14-19-29;1-21(33(8)28(39)40-30(5,6)7)26(37)32-25(29(2,3)4)27(38)35-17-12-15-23(35)20-34(24(36)19-31)18-16-22-13-10-9-11-14-22;12-9(13)6-11-10(14)15-7-8-4-2-1-3-5-8;1-2/h9-14,16-19,27,30,32H,15,20-26H2,1-8H3,(H,39,47)(H,40,45);9-11,13-14,21,23,25H,12,15-20,31H2,1-8H3,(H,32,37);1-5H,6-7H2,(H,11,14)(H,12,13);2H,1H3/t27-,30-,32+;21-,23-,25+;;/m00../s1. The monoisotopic (exact) mass is 1490 g/mol. The van der Waals surface area contributed by atoms with Gasteiger partial charge in [0.1, 0.15) is 61.7 Å². The molecule has 4 aromatic rings. The maximum atomic E-state index is 14.2. The number of aliphatic carboxylic acids is 1. The molecule has 6 atom stereocenters. The third-order valence-corrected chi connectivity index (χ3v) is 17.4. The molecule has 8 N–H and O–H groups in total. The summed E-state index contributed by atoms with van der Waals surface area (Å²) < 4.78 is 20.9. The van der Waals surface area contributed by atoms with Crippen LogP contribution in [0.2, 0.25) is 0 Å². The predicted molar refractivity (Wildman–Crippen MR) is 407 cm³/mol. The zero-order valence-corrected chi connectivity index (χ0v) is 65.8. The summed E-state index contributed by atoms with van der Waals surface area (Å²) in [4.78, 5) is 149. The molecular weight excluding hydrogens is 1370 g/mol. The number of nitrogens with zero attached hydrogens (tertiary/aromatic N) is 6. The number of hydrogen-bond donors (Lipinski definition) is 7. The molecule has 6 rings (SSSR count). The van der Waals surface area contributed by atoms with E-state index in [1.165, 1.54) is 23.9 Å². The van der Waals surface area contributed by atoms with Crippen molar-refractivity contribution in [2.24, 2.45) is 16.6 Å². The summed E-state index contributed by atoms with van der Waals surface area (Å²) in [6.07, 6.45) is 1.58. The number of rotatable bonds is 27. The summed E-state index contributed by atoms with van der Waals surface area (Å²) in [6.45, 7) is 27.0. The molecule has 28 nitrogen and oxygen atoms in total. The van der Waals surface area contributed by atoms with Gasteiger partial charge in [0, 0.05) is 72.6 Å². The maximum Gasteiger partial charge on any atom is 0.410 e. The number of nitrogens with one attached hydrogen (secondary N) is 4.